The molecule has 0 saturated heterocycles. The van der Waals surface area contributed by atoms with Crippen molar-refractivity contribution in [2.24, 2.45) is 0 Å². The van der Waals surface area contributed by atoms with Crippen LogP contribution < -0.4 is 5.43 Å². The van der Waals surface area contributed by atoms with Crippen LogP contribution in [0, 0.1) is 11.3 Å². The Kier molecular flexibility index (Phi) is 2.52. The Hall–Kier alpha value is -2.42. The summed E-state index contributed by atoms with van der Waals surface area (Å²) >= 11 is 7.38. The highest BCUT2D eigenvalue weighted by atomic mass is 35.5. The lowest BCUT2D eigenvalue weighted by atomic mass is 10.2. The van der Waals surface area contributed by atoms with Gasteiger partial charge in [0.05, 0.1) is 15.6 Å². The van der Waals surface area contributed by atoms with Crippen molar-refractivity contribution < 1.29 is 0 Å². The van der Waals surface area contributed by atoms with Gasteiger partial charge in [0.15, 0.2) is 5.65 Å². The first-order valence-electron chi connectivity index (χ1n) is 6.13. The van der Waals surface area contributed by atoms with Gasteiger partial charge in [0.1, 0.15) is 21.6 Å². The van der Waals surface area contributed by atoms with Crippen LogP contribution in [0.5, 0.6) is 0 Å². The Balaban J connectivity index is 2.46. The molecule has 100 valence electrons. The van der Waals surface area contributed by atoms with E-state index in [1.54, 1.807) is 12.1 Å². The van der Waals surface area contributed by atoms with Crippen LogP contribution in [0.4, 0.5) is 0 Å². The van der Waals surface area contributed by atoms with Gasteiger partial charge in [0.25, 0.3) is 0 Å². The van der Waals surface area contributed by atoms with Gasteiger partial charge in [-0.3, -0.25) is 9.20 Å². The van der Waals surface area contributed by atoms with Crippen molar-refractivity contribution >= 4 is 49.0 Å². The number of thiazole rings is 1. The first-order chi connectivity index (χ1) is 10.2. The molecule has 4 nitrogen and oxygen atoms in total. The minimum atomic E-state index is -0.303. The average Bonchev–Trinajstić information content (AvgIpc) is 2.86. The van der Waals surface area contributed by atoms with Crippen LogP contribution in [-0.4, -0.2) is 9.38 Å². The van der Waals surface area contributed by atoms with Crippen molar-refractivity contribution in [3.63, 3.8) is 0 Å². The Morgan fingerprint density at radius 1 is 1.24 bits per heavy atom. The van der Waals surface area contributed by atoms with Gasteiger partial charge in [0.2, 0.25) is 5.43 Å². The number of pyridine rings is 2. The maximum atomic E-state index is 12.4. The fourth-order valence-corrected chi connectivity index (χ4v) is 3.74. The molecule has 21 heavy (non-hydrogen) atoms. The highest BCUT2D eigenvalue weighted by Crippen LogP contribution is 2.30. The first-order valence-corrected chi connectivity index (χ1v) is 7.33. The molecule has 6 heteroatoms. The predicted molar refractivity (Wildman–Crippen MR) is 84.1 cm³/mol. The molecule has 4 rings (SSSR count). The van der Waals surface area contributed by atoms with E-state index in [9.17, 15) is 10.1 Å². The quantitative estimate of drug-likeness (QED) is 0.466. The molecule has 0 fully saturated rings. The number of para-hydroxylation sites is 1. The molecule has 0 unspecified atom stereocenters. The zero-order chi connectivity index (χ0) is 14.6. The fourth-order valence-electron chi connectivity index (χ4n) is 2.46. The molecule has 0 bridgehead atoms. The number of fused-ring (bicyclic) bond motifs is 5. The average molecular weight is 312 g/mol. The topological polar surface area (TPSA) is 58.2 Å². The third kappa shape index (κ3) is 1.60. The lowest BCUT2D eigenvalue weighted by Crippen LogP contribution is -2.10. The van der Waals surface area contributed by atoms with Gasteiger partial charge in [-0.05, 0) is 24.3 Å². The number of halogens is 1. The molecule has 0 radical (unpaired) electrons. The molecule has 0 aliphatic carbocycles. The normalized spacial score (nSPS) is 11.2. The Morgan fingerprint density at radius 3 is 2.86 bits per heavy atom. The molecule has 0 amide bonds. The lowest BCUT2D eigenvalue weighted by Gasteiger charge is -2.04. The Bertz CT molecular complexity index is 1140. The van der Waals surface area contributed by atoms with Crippen LogP contribution in [-0.2, 0) is 0 Å². The second-order valence-corrected chi connectivity index (χ2v) is 5.95. The SMILES string of the molecule is N#Cc1c(=O)c2ccc(Cl)nc2n2c1sc1ccccc12. The summed E-state index contributed by atoms with van der Waals surface area (Å²) in [5.41, 5.74) is 1.24. The predicted octanol–water partition coefficient (Wildman–Crippen LogP) is 3.59. The largest absolute Gasteiger partial charge is 0.288 e. The zero-order valence-electron chi connectivity index (χ0n) is 10.5. The minimum Gasteiger partial charge on any atom is -0.288 e. The molecular weight excluding hydrogens is 306 g/mol. The summed E-state index contributed by atoms with van der Waals surface area (Å²) in [5.74, 6) is 0. The second kappa shape index (κ2) is 4.29. The second-order valence-electron chi connectivity index (χ2n) is 4.53. The van der Waals surface area contributed by atoms with Gasteiger partial charge in [-0.2, -0.15) is 5.26 Å². The van der Waals surface area contributed by atoms with E-state index in [2.05, 4.69) is 4.98 Å². The van der Waals surface area contributed by atoms with E-state index >= 15 is 0 Å². The molecule has 3 aromatic heterocycles. The Labute approximate surface area is 127 Å². The molecule has 1 aromatic carbocycles. The van der Waals surface area contributed by atoms with E-state index in [0.717, 1.165) is 10.2 Å². The Morgan fingerprint density at radius 2 is 2.05 bits per heavy atom. The van der Waals surface area contributed by atoms with Crippen LogP contribution in [0.2, 0.25) is 5.15 Å². The van der Waals surface area contributed by atoms with E-state index in [1.807, 2.05) is 34.7 Å². The molecule has 0 spiro atoms. The van der Waals surface area contributed by atoms with E-state index in [-0.39, 0.29) is 11.0 Å². The van der Waals surface area contributed by atoms with Crippen LogP contribution in [0.25, 0.3) is 26.1 Å². The monoisotopic (exact) mass is 311 g/mol. The summed E-state index contributed by atoms with van der Waals surface area (Å²) in [6, 6.07) is 12.9. The van der Waals surface area contributed by atoms with Crippen molar-refractivity contribution in [2.45, 2.75) is 0 Å². The van der Waals surface area contributed by atoms with Gasteiger partial charge in [-0.25, -0.2) is 4.98 Å². The molecule has 0 saturated carbocycles. The van der Waals surface area contributed by atoms with Crippen molar-refractivity contribution in [3.8, 4) is 6.07 Å². The van der Waals surface area contributed by atoms with Gasteiger partial charge < -0.3 is 0 Å². The van der Waals surface area contributed by atoms with E-state index in [1.165, 1.54) is 11.3 Å². The smallest absolute Gasteiger partial charge is 0.210 e. The van der Waals surface area contributed by atoms with Crippen molar-refractivity contribution in [1.29, 1.82) is 5.26 Å². The minimum absolute atomic E-state index is 0.146. The van der Waals surface area contributed by atoms with E-state index in [0.29, 0.717) is 21.0 Å². The van der Waals surface area contributed by atoms with Gasteiger partial charge in [-0.15, -0.1) is 11.3 Å². The number of hydrogen-bond acceptors (Lipinski definition) is 4. The molecule has 0 aliphatic rings. The maximum Gasteiger partial charge on any atom is 0.210 e. The van der Waals surface area contributed by atoms with Crippen molar-refractivity contribution in [2.75, 3.05) is 0 Å². The third-order valence-electron chi connectivity index (χ3n) is 3.37. The van der Waals surface area contributed by atoms with Crippen LogP contribution in [0.15, 0.2) is 41.2 Å². The van der Waals surface area contributed by atoms with Crippen LogP contribution in [0.1, 0.15) is 5.56 Å². The van der Waals surface area contributed by atoms with E-state index < -0.39 is 0 Å². The number of benzene rings is 1. The number of nitriles is 1. The highest BCUT2D eigenvalue weighted by molar-refractivity contribution is 7.24. The highest BCUT2D eigenvalue weighted by Gasteiger charge is 2.17. The number of aromatic nitrogens is 2. The molecule has 0 aliphatic heterocycles. The fraction of sp³-hybridized carbons (Fsp3) is 0. The van der Waals surface area contributed by atoms with Gasteiger partial charge >= 0.3 is 0 Å². The lowest BCUT2D eigenvalue weighted by molar-refractivity contribution is 1.23. The molecule has 0 atom stereocenters. The molecule has 0 N–H and O–H groups in total. The third-order valence-corrected chi connectivity index (χ3v) is 4.72. The van der Waals surface area contributed by atoms with Gasteiger partial charge in [-0.1, -0.05) is 23.7 Å². The van der Waals surface area contributed by atoms with Crippen molar-refractivity contribution in [1.82, 2.24) is 9.38 Å². The number of rotatable bonds is 0. The summed E-state index contributed by atoms with van der Waals surface area (Å²) in [4.78, 5) is 17.3. The summed E-state index contributed by atoms with van der Waals surface area (Å²) < 4.78 is 2.82. The molecule has 4 aromatic rings. The zero-order valence-corrected chi connectivity index (χ0v) is 12.1. The molecular formula is C15H6ClN3OS. The van der Waals surface area contributed by atoms with E-state index in [4.69, 9.17) is 11.6 Å². The summed E-state index contributed by atoms with van der Waals surface area (Å²) in [5, 5.41) is 10.1. The number of nitrogens with zero attached hydrogens (tertiary/aromatic N) is 3. The van der Waals surface area contributed by atoms with Crippen LogP contribution in [0.3, 0.4) is 0 Å². The summed E-state index contributed by atoms with van der Waals surface area (Å²) in [7, 11) is 0. The first kappa shape index (κ1) is 12.3. The summed E-state index contributed by atoms with van der Waals surface area (Å²) in [6.07, 6.45) is 0. The maximum absolute atomic E-state index is 12.4. The standard InChI is InChI=1S/C15H6ClN3OS/c16-12-6-5-8-13(20)9(7-17)15-19(14(8)18-12)10-3-1-2-4-11(10)21-15/h1-6H. The van der Waals surface area contributed by atoms with Crippen LogP contribution >= 0.6 is 22.9 Å². The van der Waals surface area contributed by atoms with Gasteiger partial charge in [0, 0.05) is 0 Å². The van der Waals surface area contributed by atoms with Crippen molar-refractivity contribution in [3.05, 3.63) is 57.3 Å². The molecule has 3 heterocycles. The summed E-state index contributed by atoms with van der Waals surface area (Å²) in [6.45, 7) is 0. The number of hydrogen-bond donors (Lipinski definition) is 0.